The molecule has 2 aliphatic carbocycles. The van der Waals surface area contributed by atoms with Gasteiger partial charge in [0, 0.05) is 0 Å². The summed E-state index contributed by atoms with van der Waals surface area (Å²) in [5.41, 5.74) is 0. The first-order chi connectivity index (χ1) is 8.18. The topological polar surface area (TPSA) is 46.2 Å². The molecule has 0 aromatic rings. The summed E-state index contributed by atoms with van der Waals surface area (Å²) < 4.78 is 0. The second-order valence-electron chi connectivity index (χ2n) is 6.18. The van der Waals surface area contributed by atoms with Crippen LogP contribution in [0.3, 0.4) is 0 Å². The third-order valence-electron chi connectivity index (χ3n) is 5.21. The van der Waals surface area contributed by atoms with Crippen LogP contribution < -0.4 is 5.32 Å². The molecule has 1 aliphatic heterocycles. The molecule has 3 rings (SSSR count). The summed E-state index contributed by atoms with van der Waals surface area (Å²) in [5, 5.41) is 2.54. The van der Waals surface area contributed by atoms with E-state index in [0.717, 1.165) is 6.42 Å². The van der Waals surface area contributed by atoms with Gasteiger partial charge in [-0.1, -0.05) is 39.0 Å². The van der Waals surface area contributed by atoms with Gasteiger partial charge in [0.25, 0.3) is 0 Å². The van der Waals surface area contributed by atoms with Crippen LogP contribution in [0.25, 0.3) is 0 Å². The van der Waals surface area contributed by atoms with Crippen molar-refractivity contribution in [3.8, 4) is 0 Å². The molecule has 0 aromatic heterocycles. The number of amides is 2. The van der Waals surface area contributed by atoms with Crippen LogP contribution in [0.2, 0.25) is 0 Å². The molecule has 1 heterocycles. The molecular weight excluding hydrogens is 214 g/mol. The number of nitrogens with one attached hydrogen (secondary N) is 1. The molecule has 4 atom stereocenters. The maximum atomic E-state index is 11.9. The summed E-state index contributed by atoms with van der Waals surface area (Å²) in [5.74, 6) is 1.54. The van der Waals surface area contributed by atoms with E-state index in [1.54, 1.807) is 0 Å². The first-order valence-corrected chi connectivity index (χ1v) is 7.03. The largest absolute Gasteiger partial charge is 0.296 e. The van der Waals surface area contributed by atoms with Gasteiger partial charge in [-0.25, -0.2) is 0 Å². The number of hydrogen-bond acceptors (Lipinski definition) is 2. The highest BCUT2D eigenvalue weighted by Crippen LogP contribution is 2.50. The molecule has 2 saturated carbocycles. The van der Waals surface area contributed by atoms with Gasteiger partial charge >= 0.3 is 0 Å². The quantitative estimate of drug-likeness (QED) is 0.708. The summed E-state index contributed by atoms with van der Waals surface area (Å²) in [6, 6.07) is 0. The Hall–Kier alpha value is -0.860. The minimum atomic E-state index is -0.0190. The number of hydrogen-bond donors (Lipinski definition) is 1. The van der Waals surface area contributed by atoms with E-state index in [1.807, 2.05) is 0 Å². The fourth-order valence-electron chi connectivity index (χ4n) is 4.46. The fourth-order valence-corrected chi connectivity index (χ4v) is 4.46. The van der Waals surface area contributed by atoms with Crippen LogP contribution in [0.1, 0.15) is 45.4 Å². The molecule has 0 aromatic carbocycles. The Morgan fingerprint density at radius 3 is 2.35 bits per heavy atom. The third kappa shape index (κ3) is 1.71. The monoisotopic (exact) mass is 235 g/mol. The summed E-state index contributed by atoms with van der Waals surface area (Å²) in [6.45, 7) is 2.14. The SMILES string of the molecule is CC1CC(C2CCCCC2)C2C(=O)NC(=O)C12. The molecule has 1 N–H and O–H groups in total. The van der Waals surface area contributed by atoms with E-state index in [2.05, 4.69) is 12.2 Å². The molecule has 3 nitrogen and oxygen atoms in total. The molecule has 3 aliphatic rings. The van der Waals surface area contributed by atoms with Crippen LogP contribution >= 0.6 is 0 Å². The van der Waals surface area contributed by atoms with Gasteiger partial charge in [0.15, 0.2) is 0 Å². The Kier molecular flexibility index (Phi) is 2.72. The van der Waals surface area contributed by atoms with E-state index in [1.165, 1.54) is 32.1 Å². The molecule has 0 bridgehead atoms. The first-order valence-electron chi connectivity index (χ1n) is 7.03. The highest BCUT2D eigenvalue weighted by molar-refractivity contribution is 6.05. The fraction of sp³-hybridized carbons (Fsp3) is 0.857. The Bertz CT molecular complexity index is 346. The standard InChI is InChI=1S/C14H21NO2/c1-8-7-10(9-5-3-2-4-6-9)12-11(8)13(16)15-14(12)17/h8-12H,2-7H2,1H3,(H,15,16,17). The minimum Gasteiger partial charge on any atom is -0.296 e. The Balaban J connectivity index is 1.82. The Labute approximate surface area is 102 Å². The average Bonchev–Trinajstić information content (AvgIpc) is 2.81. The van der Waals surface area contributed by atoms with Crippen LogP contribution in [0.4, 0.5) is 0 Å². The van der Waals surface area contributed by atoms with Crippen molar-refractivity contribution in [2.75, 3.05) is 0 Å². The van der Waals surface area contributed by atoms with Gasteiger partial charge < -0.3 is 0 Å². The highest BCUT2D eigenvalue weighted by Gasteiger charge is 2.55. The number of carbonyl (C=O) groups excluding carboxylic acids is 2. The predicted molar refractivity (Wildman–Crippen MR) is 64.0 cm³/mol. The highest BCUT2D eigenvalue weighted by atomic mass is 16.2. The van der Waals surface area contributed by atoms with Crippen molar-refractivity contribution >= 4 is 11.8 Å². The van der Waals surface area contributed by atoms with E-state index in [0.29, 0.717) is 17.8 Å². The van der Waals surface area contributed by atoms with E-state index in [9.17, 15) is 9.59 Å². The van der Waals surface area contributed by atoms with Crippen LogP contribution in [0.15, 0.2) is 0 Å². The van der Waals surface area contributed by atoms with E-state index < -0.39 is 0 Å². The molecule has 3 fully saturated rings. The first kappa shape index (κ1) is 11.2. The zero-order valence-electron chi connectivity index (χ0n) is 10.4. The van der Waals surface area contributed by atoms with Gasteiger partial charge in [-0.05, 0) is 24.2 Å². The molecule has 17 heavy (non-hydrogen) atoms. The Morgan fingerprint density at radius 1 is 1.00 bits per heavy atom. The maximum absolute atomic E-state index is 11.9. The summed E-state index contributed by atoms with van der Waals surface area (Å²) in [4.78, 5) is 23.7. The Morgan fingerprint density at radius 2 is 1.65 bits per heavy atom. The molecule has 3 heteroatoms. The normalized spacial score (nSPS) is 42.6. The lowest BCUT2D eigenvalue weighted by atomic mass is 9.74. The molecule has 4 unspecified atom stereocenters. The van der Waals surface area contributed by atoms with Crippen LogP contribution in [-0.2, 0) is 9.59 Å². The van der Waals surface area contributed by atoms with Crippen LogP contribution in [-0.4, -0.2) is 11.8 Å². The zero-order chi connectivity index (χ0) is 12.0. The number of fused-ring (bicyclic) bond motifs is 1. The predicted octanol–water partition coefficient (Wildman–Crippen LogP) is 2.11. The molecule has 1 saturated heterocycles. The zero-order valence-corrected chi connectivity index (χ0v) is 10.4. The van der Waals surface area contributed by atoms with Gasteiger partial charge in [-0.15, -0.1) is 0 Å². The second kappa shape index (κ2) is 4.11. The van der Waals surface area contributed by atoms with Crippen molar-refractivity contribution in [3.63, 3.8) is 0 Å². The van der Waals surface area contributed by atoms with Gasteiger partial charge in [0.2, 0.25) is 11.8 Å². The molecule has 0 radical (unpaired) electrons. The van der Waals surface area contributed by atoms with Crippen molar-refractivity contribution < 1.29 is 9.59 Å². The van der Waals surface area contributed by atoms with Gasteiger partial charge in [-0.3, -0.25) is 14.9 Å². The lowest BCUT2D eigenvalue weighted by Gasteiger charge is -2.30. The number of rotatable bonds is 1. The maximum Gasteiger partial charge on any atom is 0.230 e. The van der Waals surface area contributed by atoms with Gasteiger partial charge in [-0.2, -0.15) is 0 Å². The second-order valence-corrected chi connectivity index (χ2v) is 6.18. The molecule has 0 spiro atoms. The lowest BCUT2D eigenvalue weighted by molar-refractivity contribution is -0.127. The van der Waals surface area contributed by atoms with E-state index in [-0.39, 0.29) is 23.7 Å². The van der Waals surface area contributed by atoms with E-state index >= 15 is 0 Å². The van der Waals surface area contributed by atoms with Crippen molar-refractivity contribution in [2.45, 2.75) is 45.4 Å². The smallest absolute Gasteiger partial charge is 0.230 e. The van der Waals surface area contributed by atoms with Crippen molar-refractivity contribution in [3.05, 3.63) is 0 Å². The van der Waals surface area contributed by atoms with Crippen molar-refractivity contribution in [2.24, 2.45) is 29.6 Å². The molecule has 94 valence electrons. The number of carbonyl (C=O) groups is 2. The summed E-state index contributed by atoms with van der Waals surface area (Å²) in [6.07, 6.45) is 7.58. The number of imide groups is 1. The van der Waals surface area contributed by atoms with Crippen LogP contribution in [0, 0.1) is 29.6 Å². The van der Waals surface area contributed by atoms with Gasteiger partial charge in [0.1, 0.15) is 0 Å². The minimum absolute atomic E-state index is 0.000556. The summed E-state index contributed by atoms with van der Waals surface area (Å²) in [7, 11) is 0. The molecule has 2 amide bonds. The summed E-state index contributed by atoms with van der Waals surface area (Å²) >= 11 is 0. The lowest BCUT2D eigenvalue weighted by Crippen LogP contribution is -2.30. The van der Waals surface area contributed by atoms with E-state index in [4.69, 9.17) is 0 Å². The molecular formula is C14H21NO2. The van der Waals surface area contributed by atoms with Crippen molar-refractivity contribution in [1.29, 1.82) is 0 Å². The average molecular weight is 235 g/mol. The van der Waals surface area contributed by atoms with Crippen molar-refractivity contribution in [1.82, 2.24) is 5.32 Å². The van der Waals surface area contributed by atoms with Gasteiger partial charge in [0.05, 0.1) is 11.8 Å². The third-order valence-corrected chi connectivity index (χ3v) is 5.21. The van der Waals surface area contributed by atoms with Crippen LogP contribution in [0.5, 0.6) is 0 Å².